The van der Waals surface area contributed by atoms with E-state index in [4.69, 9.17) is 5.73 Å². The van der Waals surface area contributed by atoms with Crippen LogP contribution in [0.25, 0.3) is 0 Å². The summed E-state index contributed by atoms with van der Waals surface area (Å²) in [6.45, 7) is 0.469. The summed E-state index contributed by atoms with van der Waals surface area (Å²) in [6.07, 6.45) is 1.64. The number of hydrogen-bond donors (Lipinski definition) is 1. The predicted octanol–water partition coefficient (Wildman–Crippen LogP) is 1.26. The molecular weight excluding hydrogens is 247 g/mol. The molecule has 0 bridgehead atoms. The molecule has 0 saturated heterocycles. The van der Waals surface area contributed by atoms with Crippen molar-refractivity contribution in [3.05, 3.63) is 47.9 Å². The fourth-order valence-corrected chi connectivity index (χ4v) is 1.72. The molecule has 19 heavy (non-hydrogen) atoms. The summed E-state index contributed by atoms with van der Waals surface area (Å²) in [4.78, 5) is 13.5. The van der Waals surface area contributed by atoms with Gasteiger partial charge >= 0.3 is 0 Å². The van der Waals surface area contributed by atoms with E-state index in [1.807, 2.05) is 0 Å². The van der Waals surface area contributed by atoms with Crippen LogP contribution in [0.2, 0.25) is 0 Å². The van der Waals surface area contributed by atoms with Crippen molar-refractivity contribution in [1.82, 2.24) is 14.7 Å². The van der Waals surface area contributed by atoms with Gasteiger partial charge in [-0.15, -0.1) is 0 Å². The Balaban J connectivity index is 1.96. The van der Waals surface area contributed by atoms with Gasteiger partial charge in [0.05, 0.1) is 0 Å². The molecule has 2 rings (SSSR count). The number of hydrogen-bond acceptors (Lipinski definition) is 3. The molecule has 0 aliphatic rings. The van der Waals surface area contributed by atoms with Gasteiger partial charge in [0.1, 0.15) is 18.2 Å². The smallest absolute Gasteiger partial charge is 0.244 e. The second-order valence-electron chi connectivity index (χ2n) is 4.32. The zero-order valence-corrected chi connectivity index (χ0v) is 10.6. The zero-order chi connectivity index (χ0) is 13.8. The lowest BCUT2D eigenvalue weighted by atomic mass is 10.2. The second kappa shape index (κ2) is 5.51. The number of rotatable bonds is 4. The van der Waals surface area contributed by atoms with Crippen LogP contribution in [-0.4, -0.2) is 27.6 Å². The van der Waals surface area contributed by atoms with E-state index in [1.54, 1.807) is 31.4 Å². The number of aromatic nitrogens is 2. The molecule has 100 valence electrons. The number of carbonyl (C=O) groups excluding carboxylic acids is 1. The first-order chi connectivity index (χ1) is 9.04. The minimum atomic E-state index is -0.307. The standard InChI is InChI=1S/C13H15FN4O/c1-17(8-10-3-2-4-11(14)7-10)13(19)9-18-6-5-12(15)16-18/h2-7H,8-9H2,1H3,(H2,15,16). The molecule has 0 spiro atoms. The van der Waals surface area contributed by atoms with Gasteiger partial charge in [-0.05, 0) is 23.8 Å². The number of amides is 1. The molecule has 5 nitrogen and oxygen atoms in total. The normalized spacial score (nSPS) is 10.4. The Morgan fingerprint density at radius 1 is 1.47 bits per heavy atom. The highest BCUT2D eigenvalue weighted by molar-refractivity contribution is 5.75. The summed E-state index contributed by atoms with van der Waals surface area (Å²) in [7, 11) is 1.67. The minimum Gasteiger partial charge on any atom is -0.382 e. The van der Waals surface area contributed by atoms with Crippen LogP contribution >= 0.6 is 0 Å². The van der Waals surface area contributed by atoms with E-state index in [9.17, 15) is 9.18 Å². The fraction of sp³-hybridized carbons (Fsp3) is 0.231. The van der Waals surface area contributed by atoms with Gasteiger partial charge in [-0.1, -0.05) is 12.1 Å². The quantitative estimate of drug-likeness (QED) is 0.902. The molecule has 0 aliphatic carbocycles. The van der Waals surface area contributed by atoms with Gasteiger partial charge in [0.15, 0.2) is 0 Å². The molecule has 0 fully saturated rings. The molecule has 0 unspecified atom stereocenters. The van der Waals surface area contributed by atoms with Crippen molar-refractivity contribution >= 4 is 11.7 Å². The molecule has 1 aromatic carbocycles. The number of benzene rings is 1. The number of nitrogen functional groups attached to an aromatic ring is 1. The van der Waals surface area contributed by atoms with Crippen molar-refractivity contribution < 1.29 is 9.18 Å². The number of halogens is 1. The van der Waals surface area contributed by atoms with E-state index in [2.05, 4.69) is 5.10 Å². The fourth-order valence-electron chi connectivity index (χ4n) is 1.72. The molecule has 0 aliphatic heterocycles. The zero-order valence-electron chi connectivity index (χ0n) is 10.6. The Morgan fingerprint density at radius 2 is 2.26 bits per heavy atom. The highest BCUT2D eigenvalue weighted by atomic mass is 19.1. The Labute approximate surface area is 110 Å². The Kier molecular flexibility index (Phi) is 3.79. The first-order valence-electron chi connectivity index (χ1n) is 5.82. The van der Waals surface area contributed by atoms with Crippen molar-refractivity contribution in [2.24, 2.45) is 0 Å². The lowest BCUT2D eigenvalue weighted by Crippen LogP contribution is -2.30. The molecule has 2 aromatic rings. The maximum Gasteiger partial charge on any atom is 0.244 e. The summed E-state index contributed by atoms with van der Waals surface area (Å²) >= 11 is 0. The maximum atomic E-state index is 13.0. The summed E-state index contributed by atoms with van der Waals surface area (Å²) in [6, 6.07) is 7.81. The summed E-state index contributed by atoms with van der Waals surface area (Å²) in [5.74, 6) is -0.0499. The van der Waals surface area contributed by atoms with Crippen LogP contribution in [0.3, 0.4) is 0 Å². The van der Waals surface area contributed by atoms with Gasteiger partial charge in [-0.25, -0.2) is 4.39 Å². The number of carbonyl (C=O) groups is 1. The molecule has 1 aromatic heterocycles. The van der Waals surface area contributed by atoms with Crippen LogP contribution in [-0.2, 0) is 17.9 Å². The Hall–Kier alpha value is -2.37. The van der Waals surface area contributed by atoms with Crippen LogP contribution in [0.5, 0.6) is 0 Å². The lowest BCUT2D eigenvalue weighted by molar-refractivity contribution is -0.131. The summed E-state index contributed by atoms with van der Waals surface area (Å²) in [5, 5.41) is 3.94. The van der Waals surface area contributed by atoms with E-state index in [0.717, 1.165) is 5.56 Å². The van der Waals surface area contributed by atoms with Crippen molar-refractivity contribution in [3.8, 4) is 0 Å². The Bertz CT molecular complexity index is 582. The SMILES string of the molecule is CN(Cc1cccc(F)c1)C(=O)Cn1ccc(N)n1. The van der Waals surface area contributed by atoms with Crippen LogP contribution in [0.4, 0.5) is 10.2 Å². The minimum absolute atomic E-state index is 0.114. The van der Waals surface area contributed by atoms with Crippen LogP contribution in [0.15, 0.2) is 36.5 Å². The van der Waals surface area contributed by atoms with E-state index in [-0.39, 0.29) is 18.3 Å². The second-order valence-corrected chi connectivity index (χ2v) is 4.32. The summed E-state index contributed by atoms with van der Waals surface area (Å²) in [5.41, 5.74) is 6.22. The topological polar surface area (TPSA) is 64.2 Å². The van der Waals surface area contributed by atoms with Gasteiger partial charge in [-0.3, -0.25) is 9.48 Å². The van der Waals surface area contributed by atoms with Crippen molar-refractivity contribution in [1.29, 1.82) is 0 Å². The van der Waals surface area contributed by atoms with Gasteiger partial charge in [0.25, 0.3) is 0 Å². The molecule has 1 heterocycles. The third kappa shape index (κ3) is 3.54. The van der Waals surface area contributed by atoms with Crippen LogP contribution in [0, 0.1) is 5.82 Å². The van der Waals surface area contributed by atoms with E-state index >= 15 is 0 Å². The third-order valence-electron chi connectivity index (χ3n) is 2.69. The molecule has 2 N–H and O–H groups in total. The Morgan fingerprint density at radius 3 is 2.89 bits per heavy atom. The summed E-state index contributed by atoms with van der Waals surface area (Å²) < 4.78 is 14.5. The molecule has 0 saturated carbocycles. The average molecular weight is 262 g/mol. The largest absolute Gasteiger partial charge is 0.382 e. The van der Waals surface area contributed by atoms with Crippen LogP contribution in [0.1, 0.15) is 5.56 Å². The molecular formula is C13H15FN4O. The predicted molar refractivity (Wildman–Crippen MR) is 69.5 cm³/mol. The van der Waals surface area contributed by atoms with E-state index < -0.39 is 0 Å². The number of anilines is 1. The number of nitrogens with zero attached hydrogens (tertiary/aromatic N) is 3. The first kappa shape index (κ1) is 13.1. The third-order valence-corrected chi connectivity index (χ3v) is 2.69. The van der Waals surface area contributed by atoms with E-state index in [0.29, 0.717) is 12.4 Å². The lowest BCUT2D eigenvalue weighted by Gasteiger charge is -2.17. The van der Waals surface area contributed by atoms with Gasteiger partial charge in [0, 0.05) is 19.8 Å². The average Bonchev–Trinajstić information content (AvgIpc) is 2.74. The van der Waals surface area contributed by atoms with E-state index in [1.165, 1.54) is 21.7 Å². The number of likely N-dealkylation sites (N-methyl/N-ethyl adjacent to an activating group) is 1. The molecule has 1 amide bonds. The monoisotopic (exact) mass is 262 g/mol. The van der Waals surface area contributed by atoms with Crippen LogP contribution < -0.4 is 5.73 Å². The van der Waals surface area contributed by atoms with Crippen molar-refractivity contribution in [2.45, 2.75) is 13.1 Å². The molecule has 0 atom stereocenters. The molecule has 6 heteroatoms. The number of nitrogens with two attached hydrogens (primary N) is 1. The van der Waals surface area contributed by atoms with Gasteiger partial charge in [-0.2, -0.15) is 5.10 Å². The van der Waals surface area contributed by atoms with Gasteiger partial charge < -0.3 is 10.6 Å². The first-order valence-corrected chi connectivity index (χ1v) is 5.82. The van der Waals surface area contributed by atoms with Gasteiger partial charge in [0.2, 0.25) is 5.91 Å². The maximum absolute atomic E-state index is 13.0. The molecule has 0 radical (unpaired) electrons. The van der Waals surface area contributed by atoms with Crippen molar-refractivity contribution in [3.63, 3.8) is 0 Å². The highest BCUT2D eigenvalue weighted by Gasteiger charge is 2.11. The van der Waals surface area contributed by atoms with Crippen molar-refractivity contribution in [2.75, 3.05) is 12.8 Å². The highest BCUT2D eigenvalue weighted by Crippen LogP contribution is 2.07.